The van der Waals surface area contributed by atoms with Crippen LogP contribution in [0.4, 0.5) is 0 Å². The van der Waals surface area contributed by atoms with E-state index in [9.17, 15) is 4.79 Å². The van der Waals surface area contributed by atoms with Gasteiger partial charge in [-0.3, -0.25) is 14.9 Å². The van der Waals surface area contributed by atoms with Gasteiger partial charge in [0.2, 0.25) is 0 Å². The number of carbonyl (C=O) groups is 1. The number of rotatable bonds is 6. The van der Waals surface area contributed by atoms with Crippen LogP contribution in [0.1, 0.15) is 37.2 Å². The molecule has 1 amide bonds. The van der Waals surface area contributed by atoms with Crippen LogP contribution < -0.4 is 0 Å². The molecule has 0 spiro atoms. The highest BCUT2D eigenvalue weighted by atomic mass is 16.2. The summed E-state index contributed by atoms with van der Waals surface area (Å²) in [5.74, 6) is 0.0105. The van der Waals surface area contributed by atoms with E-state index in [1.54, 1.807) is 18.5 Å². The Kier molecular flexibility index (Phi) is 4.87. The lowest BCUT2D eigenvalue weighted by Gasteiger charge is -2.20. The molecule has 0 saturated heterocycles. The molecule has 0 unspecified atom stereocenters. The molecule has 0 saturated carbocycles. The van der Waals surface area contributed by atoms with Crippen molar-refractivity contribution in [2.45, 2.75) is 26.7 Å². The highest BCUT2D eigenvalue weighted by Crippen LogP contribution is 2.17. The third kappa shape index (κ3) is 3.23. The number of nitrogens with zero attached hydrogens (tertiary/aromatic N) is 3. The minimum atomic E-state index is 0.0105. The molecule has 1 N–H and O–H groups in total. The second-order valence-corrected chi connectivity index (χ2v) is 4.70. The average molecular weight is 272 g/mol. The Morgan fingerprint density at radius 2 is 2.05 bits per heavy atom. The van der Waals surface area contributed by atoms with Crippen molar-refractivity contribution in [1.29, 1.82) is 0 Å². The van der Waals surface area contributed by atoms with E-state index in [2.05, 4.69) is 29.0 Å². The topological polar surface area (TPSA) is 61.9 Å². The number of hydrogen-bond donors (Lipinski definition) is 1. The van der Waals surface area contributed by atoms with Gasteiger partial charge >= 0.3 is 0 Å². The Labute approximate surface area is 119 Å². The minimum absolute atomic E-state index is 0.0105. The molecule has 5 heteroatoms. The molecule has 2 heterocycles. The number of hydrogen-bond acceptors (Lipinski definition) is 3. The van der Waals surface area contributed by atoms with Crippen molar-refractivity contribution in [3.63, 3.8) is 0 Å². The van der Waals surface area contributed by atoms with Gasteiger partial charge in [0.25, 0.3) is 5.91 Å². The Morgan fingerprint density at radius 3 is 2.65 bits per heavy atom. The zero-order valence-corrected chi connectivity index (χ0v) is 12.0. The average Bonchev–Trinajstić information content (AvgIpc) is 2.97. The van der Waals surface area contributed by atoms with E-state index in [0.29, 0.717) is 5.69 Å². The van der Waals surface area contributed by atoms with Crippen molar-refractivity contribution >= 4 is 5.91 Å². The predicted octanol–water partition coefficient (Wildman–Crippen LogP) is 2.73. The van der Waals surface area contributed by atoms with E-state index in [0.717, 1.165) is 37.2 Å². The van der Waals surface area contributed by atoms with Gasteiger partial charge in [0.1, 0.15) is 5.69 Å². The highest BCUT2D eigenvalue weighted by Gasteiger charge is 2.17. The molecule has 0 radical (unpaired) electrons. The van der Waals surface area contributed by atoms with Crippen molar-refractivity contribution in [1.82, 2.24) is 20.1 Å². The second-order valence-electron chi connectivity index (χ2n) is 4.70. The number of aromatic amines is 1. The summed E-state index contributed by atoms with van der Waals surface area (Å²) in [4.78, 5) is 18.3. The number of amides is 1. The molecule has 2 aromatic heterocycles. The van der Waals surface area contributed by atoms with Crippen LogP contribution in [0.3, 0.4) is 0 Å². The summed E-state index contributed by atoms with van der Waals surface area (Å²) in [6.07, 6.45) is 5.36. The first kappa shape index (κ1) is 14.2. The van der Waals surface area contributed by atoms with E-state index in [1.807, 2.05) is 17.0 Å². The molecule has 0 atom stereocenters. The van der Waals surface area contributed by atoms with Crippen molar-refractivity contribution in [3.05, 3.63) is 36.3 Å². The van der Waals surface area contributed by atoms with E-state index >= 15 is 0 Å². The fourth-order valence-corrected chi connectivity index (χ4v) is 2.12. The minimum Gasteiger partial charge on any atom is -0.337 e. The predicted molar refractivity (Wildman–Crippen MR) is 78.3 cm³/mol. The molecule has 0 aromatic carbocycles. The van der Waals surface area contributed by atoms with Crippen LogP contribution in [0.15, 0.2) is 30.6 Å². The van der Waals surface area contributed by atoms with E-state index in [1.165, 1.54) is 0 Å². The molecule has 0 bridgehead atoms. The molecule has 5 nitrogen and oxygen atoms in total. The van der Waals surface area contributed by atoms with E-state index in [4.69, 9.17) is 0 Å². The monoisotopic (exact) mass is 272 g/mol. The molecule has 20 heavy (non-hydrogen) atoms. The van der Waals surface area contributed by atoms with Crippen LogP contribution in [-0.4, -0.2) is 39.1 Å². The van der Waals surface area contributed by atoms with Crippen molar-refractivity contribution in [2.24, 2.45) is 0 Å². The molecule has 2 rings (SSSR count). The van der Waals surface area contributed by atoms with E-state index < -0.39 is 0 Å². The summed E-state index contributed by atoms with van der Waals surface area (Å²) >= 11 is 0. The largest absolute Gasteiger partial charge is 0.337 e. The van der Waals surface area contributed by atoms with Gasteiger partial charge in [-0.1, -0.05) is 13.8 Å². The van der Waals surface area contributed by atoms with Crippen LogP contribution in [0, 0.1) is 0 Å². The maximum absolute atomic E-state index is 12.4. The Bertz CT molecular complexity index is 544. The van der Waals surface area contributed by atoms with Crippen molar-refractivity contribution in [2.75, 3.05) is 13.1 Å². The third-order valence-electron chi connectivity index (χ3n) is 3.04. The number of H-pyrrole nitrogens is 1. The first-order chi connectivity index (χ1) is 9.76. The van der Waals surface area contributed by atoms with Gasteiger partial charge < -0.3 is 4.90 Å². The van der Waals surface area contributed by atoms with Crippen LogP contribution in [0.2, 0.25) is 0 Å². The lowest BCUT2D eigenvalue weighted by molar-refractivity contribution is 0.0749. The number of nitrogens with one attached hydrogen (secondary N) is 1. The molecular formula is C15H20N4O. The van der Waals surface area contributed by atoms with Gasteiger partial charge in [-0.05, 0) is 31.0 Å². The summed E-state index contributed by atoms with van der Waals surface area (Å²) < 4.78 is 0. The SMILES string of the molecule is CCCN(CCC)C(=O)c1cc(-c2cccnc2)n[nH]1. The first-order valence-electron chi connectivity index (χ1n) is 7.01. The lowest BCUT2D eigenvalue weighted by atomic mass is 10.2. The zero-order chi connectivity index (χ0) is 14.4. The summed E-state index contributed by atoms with van der Waals surface area (Å²) in [5, 5.41) is 7.03. The number of aromatic nitrogens is 3. The summed E-state index contributed by atoms with van der Waals surface area (Å²) in [6, 6.07) is 5.57. The standard InChI is InChI=1S/C15H20N4O/c1-3-8-19(9-4-2)15(20)14-10-13(17-18-14)12-6-5-7-16-11-12/h5-7,10-11H,3-4,8-9H2,1-2H3,(H,17,18). The Morgan fingerprint density at radius 1 is 1.30 bits per heavy atom. The number of carbonyl (C=O) groups excluding carboxylic acids is 1. The second kappa shape index (κ2) is 6.84. The molecule has 2 aromatic rings. The van der Waals surface area contributed by atoms with Crippen LogP contribution >= 0.6 is 0 Å². The number of pyridine rings is 1. The smallest absolute Gasteiger partial charge is 0.271 e. The van der Waals surface area contributed by atoms with Gasteiger partial charge in [-0.15, -0.1) is 0 Å². The lowest BCUT2D eigenvalue weighted by Crippen LogP contribution is -2.32. The van der Waals surface area contributed by atoms with E-state index in [-0.39, 0.29) is 5.91 Å². The molecular weight excluding hydrogens is 252 g/mol. The zero-order valence-electron chi connectivity index (χ0n) is 12.0. The third-order valence-corrected chi connectivity index (χ3v) is 3.04. The molecule has 0 fully saturated rings. The molecule has 0 aliphatic heterocycles. The van der Waals surface area contributed by atoms with Gasteiger partial charge in [0.15, 0.2) is 0 Å². The Balaban J connectivity index is 2.17. The maximum Gasteiger partial charge on any atom is 0.271 e. The van der Waals surface area contributed by atoms with Crippen LogP contribution in [-0.2, 0) is 0 Å². The van der Waals surface area contributed by atoms with Crippen LogP contribution in [0.25, 0.3) is 11.3 Å². The van der Waals surface area contributed by atoms with Gasteiger partial charge in [-0.25, -0.2) is 0 Å². The molecule has 0 aliphatic rings. The molecule has 106 valence electrons. The molecule has 0 aliphatic carbocycles. The summed E-state index contributed by atoms with van der Waals surface area (Å²) in [7, 11) is 0. The normalized spacial score (nSPS) is 10.5. The van der Waals surface area contributed by atoms with Gasteiger partial charge in [-0.2, -0.15) is 5.10 Å². The van der Waals surface area contributed by atoms with Gasteiger partial charge in [0, 0.05) is 31.0 Å². The maximum atomic E-state index is 12.4. The first-order valence-corrected chi connectivity index (χ1v) is 7.01. The fraction of sp³-hybridized carbons (Fsp3) is 0.400. The summed E-state index contributed by atoms with van der Waals surface area (Å²) in [6.45, 7) is 5.69. The van der Waals surface area contributed by atoms with Crippen LogP contribution in [0.5, 0.6) is 0 Å². The van der Waals surface area contributed by atoms with Crippen molar-refractivity contribution < 1.29 is 4.79 Å². The van der Waals surface area contributed by atoms with Gasteiger partial charge in [0.05, 0.1) is 5.69 Å². The fourth-order valence-electron chi connectivity index (χ4n) is 2.12. The van der Waals surface area contributed by atoms with Crippen molar-refractivity contribution in [3.8, 4) is 11.3 Å². The highest BCUT2D eigenvalue weighted by molar-refractivity contribution is 5.93. The summed E-state index contributed by atoms with van der Waals surface area (Å²) in [5.41, 5.74) is 2.18. The Hall–Kier alpha value is -2.17. The quantitative estimate of drug-likeness (QED) is 0.879.